The van der Waals surface area contributed by atoms with Gasteiger partial charge in [0.15, 0.2) is 0 Å². The van der Waals surface area contributed by atoms with Crippen molar-refractivity contribution < 1.29 is 19.4 Å². The highest BCUT2D eigenvalue weighted by Crippen LogP contribution is 2.23. The Labute approximate surface area is 126 Å². The molecule has 0 bridgehead atoms. The van der Waals surface area contributed by atoms with Gasteiger partial charge in [0.05, 0.1) is 11.6 Å². The van der Waals surface area contributed by atoms with E-state index in [9.17, 15) is 9.59 Å². The van der Waals surface area contributed by atoms with Crippen LogP contribution < -0.4 is 10.1 Å². The zero-order chi connectivity index (χ0) is 15.2. The average Bonchev–Trinajstić information content (AvgIpc) is 2.94. The quantitative estimate of drug-likeness (QED) is 0.856. The van der Waals surface area contributed by atoms with Crippen molar-refractivity contribution in [1.29, 1.82) is 0 Å². The number of carbonyl (C=O) groups excluding carboxylic acids is 1. The first kappa shape index (κ1) is 15.1. The molecule has 0 aliphatic carbocycles. The first-order valence-electron chi connectivity index (χ1n) is 6.47. The maximum absolute atomic E-state index is 12.1. The molecule has 0 radical (unpaired) electrons. The molecule has 21 heavy (non-hydrogen) atoms. The van der Waals surface area contributed by atoms with Gasteiger partial charge >= 0.3 is 5.97 Å². The Balaban J connectivity index is 2.06. The van der Waals surface area contributed by atoms with Gasteiger partial charge in [-0.15, -0.1) is 11.3 Å². The lowest BCUT2D eigenvalue weighted by Gasteiger charge is -2.07. The number of ether oxygens (including phenoxy) is 1. The van der Waals surface area contributed by atoms with Crippen LogP contribution in [0, 0.1) is 0 Å². The molecule has 2 N–H and O–H groups in total. The summed E-state index contributed by atoms with van der Waals surface area (Å²) in [7, 11) is 0. The number of benzene rings is 1. The van der Waals surface area contributed by atoms with E-state index in [0.717, 1.165) is 17.8 Å². The van der Waals surface area contributed by atoms with Crippen LogP contribution in [0.1, 0.15) is 33.4 Å². The average molecular weight is 305 g/mol. The van der Waals surface area contributed by atoms with Crippen LogP contribution >= 0.6 is 11.3 Å². The molecule has 0 aliphatic rings. The fourth-order valence-electron chi connectivity index (χ4n) is 1.65. The number of hydrogen-bond acceptors (Lipinski definition) is 4. The van der Waals surface area contributed by atoms with Crippen LogP contribution in [0.5, 0.6) is 5.75 Å². The number of thiophene rings is 1. The van der Waals surface area contributed by atoms with Gasteiger partial charge in [-0.1, -0.05) is 13.0 Å². The summed E-state index contributed by atoms with van der Waals surface area (Å²) in [6.07, 6.45) is 0.892. The Morgan fingerprint density at radius 3 is 2.76 bits per heavy atom. The molecule has 6 heteroatoms. The summed E-state index contributed by atoms with van der Waals surface area (Å²) in [6, 6.07) is 9.92. The highest BCUT2D eigenvalue weighted by molar-refractivity contribution is 7.18. The first-order valence-corrected chi connectivity index (χ1v) is 7.29. The van der Waals surface area contributed by atoms with E-state index in [1.165, 1.54) is 6.07 Å². The maximum atomic E-state index is 12.1. The van der Waals surface area contributed by atoms with Crippen LogP contribution in [-0.2, 0) is 0 Å². The number of carboxylic acid groups (broad SMARTS) is 1. The molecule has 0 aliphatic heterocycles. The summed E-state index contributed by atoms with van der Waals surface area (Å²) in [5.41, 5.74) is 0.467. The second kappa shape index (κ2) is 6.90. The number of anilines is 1. The van der Waals surface area contributed by atoms with Gasteiger partial charge < -0.3 is 15.2 Å². The van der Waals surface area contributed by atoms with E-state index in [1.807, 2.05) is 6.92 Å². The molecule has 0 spiro atoms. The minimum atomic E-state index is -1.00. The van der Waals surface area contributed by atoms with Crippen molar-refractivity contribution >= 4 is 28.2 Å². The molecule has 0 saturated carbocycles. The Kier molecular flexibility index (Phi) is 4.94. The fourth-order valence-corrected chi connectivity index (χ4v) is 2.39. The first-order chi connectivity index (χ1) is 10.1. The van der Waals surface area contributed by atoms with Gasteiger partial charge in [0, 0.05) is 5.56 Å². The maximum Gasteiger partial charge on any atom is 0.345 e. The van der Waals surface area contributed by atoms with Crippen molar-refractivity contribution in [2.45, 2.75) is 13.3 Å². The van der Waals surface area contributed by atoms with E-state index in [2.05, 4.69) is 5.32 Å². The minimum absolute atomic E-state index is 0.185. The predicted molar refractivity (Wildman–Crippen MR) is 81.5 cm³/mol. The van der Waals surface area contributed by atoms with E-state index in [-0.39, 0.29) is 10.8 Å². The number of carbonyl (C=O) groups is 2. The third kappa shape index (κ3) is 4.06. The van der Waals surface area contributed by atoms with E-state index in [4.69, 9.17) is 9.84 Å². The smallest absolute Gasteiger partial charge is 0.345 e. The summed E-state index contributed by atoms with van der Waals surface area (Å²) in [6.45, 7) is 2.60. The second-order valence-corrected chi connectivity index (χ2v) is 5.38. The van der Waals surface area contributed by atoms with Crippen molar-refractivity contribution in [2.24, 2.45) is 0 Å². The zero-order valence-electron chi connectivity index (χ0n) is 11.5. The fraction of sp³-hybridized carbons (Fsp3) is 0.200. The van der Waals surface area contributed by atoms with Crippen LogP contribution in [0.4, 0.5) is 5.00 Å². The van der Waals surface area contributed by atoms with E-state index in [0.29, 0.717) is 22.9 Å². The van der Waals surface area contributed by atoms with E-state index in [1.54, 1.807) is 30.3 Å². The Morgan fingerprint density at radius 2 is 2.10 bits per heavy atom. The molecule has 5 nitrogen and oxygen atoms in total. The SMILES string of the molecule is CCCOc1cccc(C(=O)Nc2ccc(C(=O)O)s2)c1. The molecule has 1 aromatic heterocycles. The summed E-state index contributed by atoms with van der Waals surface area (Å²) in [5, 5.41) is 12.0. The number of nitrogens with one attached hydrogen (secondary N) is 1. The molecular weight excluding hydrogens is 290 g/mol. The molecule has 110 valence electrons. The second-order valence-electron chi connectivity index (χ2n) is 4.30. The van der Waals surface area contributed by atoms with Gasteiger partial charge in [-0.3, -0.25) is 4.79 Å². The number of aromatic carboxylic acids is 1. The number of amides is 1. The third-order valence-electron chi connectivity index (χ3n) is 2.62. The van der Waals surface area contributed by atoms with Crippen LogP contribution in [-0.4, -0.2) is 23.6 Å². The number of hydrogen-bond donors (Lipinski definition) is 2. The minimum Gasteiger partial charge on any atom is -0.494 e. The summed E-state index contributed by atoms with van der Waals surface area (Å²) < 4.78 is 5.48. The van der Waals surface area contributed by atoms with Gasteiger partial charge in [-0.05, 0) is 36.8 Å². The zero-order valence-corrected chi connectivity index (χ0v) is 12.3. The van der Waals surface area contributed by atoms with Gasteiger partial charge in [0.25, 0.3) is 5.91 Å². The van der Waals surface area contributed by atoms with Crippen molar-refractivity contribution in [3.05, 3.63) is 46.8 Å². The van der Waals surface area contributed by atoms with Gasteiger partial charge in [0.2, 0.25) is 0 Å². The lowest BCUT2D eigenvalue weighted by atomic mass is 10.2. The van der Waals surface area contributed by atoms with Crippen LogP contribution in [0.25, 0.3) is 0 Å². The molecule has 1 aromatic carbocycles. The normalized spacial score (nSPS) is 10.1. The monoisotopic (exact) mass is 305 g/mol. The van der Waals surface area contributed by atoms with E-state index < -0.39 is 5.97 Å². The number of carboxylic acids is 1. The largest absolute Gasteiger partial charge is 0.494 e. The molecule has 0 unspecified atom stereocenters. The highest BCUT2D eigenvalue weighted by Gasteiger charge is 2.11. The Morgan fingerprint density at radius 1 is 1.29 bits per heavy atom. The summed E-state index contributed by atoms with van der Waals surface area (Å²) in [5.74, 6) is -0.659. The van der Waals surface area contributed by atoms with Crippen molar-refractivity contribution in [3.63, 3.8) is 0 Å². The molecule has 0 atom stereocenters. The lowest BCUT2D eigenvalue weighted by molar-refractivity contribution is 0.0702. The van der Waals surface area contributed by atoms with Crippen LogP contribution in [0.15, 0.2) is 36.4 Å². The Hall–Kier alpha value is -2.34. The topological polar surface area (TPSA) is 75.6 Å². The van der Waals surface area contributed by atoms with Crippen molar-refractivity contribution in [1.82, 2.24) is 0 Å². The summed E-state index contributed by atoms with van der Waals surface area (Å²) in [4.78, 5) is 23.1. The molecule has 2 rings (SSSR count). The molecule has 1 amide bonds. The standard InChI is InChI=1S/C15H15NO4S/c1-2-8-20-11-5-3-4-10(9-11)14(17)16-13-7-6-12(21-13)15(18)19/h3-7,9H,2,8H2,1H3,(H,16,17)(H,18,19). The van der Waals surface area contributed by atoms with Gasteiger partial charge in [-0.25, -0.2) is 4.79 Å². The number of rotatable bonds is 6. The molecule has 0 fully saturated rings. The molecule has 2 aromatic rings. The van der Waals surface area contributed by atoms with Crippen molar-refractivity contribution in [2.75, 3.05) is 11.9 Å². The van der Waals surface area contributed by atoms with Gasteiger partial charge in [0.1, 0.15) is 10.6 Å². The van der Waals surface area contributed by atoms with Crippen LogP contribution in [0.2, 0.25) is 0 Å². The van der Waals surface area contributed by atoms with Crippen LogP contribution in [0.3, 0.4) is 0 Å². The third-order valence-corrected chi connectivity index (χ3v) is 3.61. The predicted octanol–water partition coefficient (Wildman–Crippen LogP) is 3.49. The molecule has 1 heterocycles. The van der Waals surface area contributed by atoms with Crippen molar-refractivity contribution in [3.8, 4) is 5.75 Å². The molecular formula is C15H15NO4S. The van der Waals surface area contributed by atoms with Gasteiger partial charge in [-0.2, -0.15) is 0 Å². The molecule has 0 saturated heterocycles. The summed E-state index contributed by atoms with van der Waals surface area (Å²) >= 11 is 1.02. The Bertz CT molecular complexity index is 651. The highest BCUT2D eigenvalue weighted by atomic mass is 32.1. The van der Waals surface area contributed by atoms with E-state index >= 15 is 0 Å². The lowest BCUT2D eigenvalue weighted by Crippen LogP contribution is -2.11.